The first-order chi connectivity index (χ1) is 11.8. The maximum atomic E-state index is 12.9. The molecule has 1 fully saturated rings. The molecule has 1 aromatic rings. The van der Waals surface area contributed by atoms with Gasteiger partial charge in [0.15, 0.2) is 0 Å². The highest BCUT2D eigenvalue weighted by atomic mass is 19.4. The molecule has 0 aliphatic heterocycles. The predicted molar refractivity (Wildman–Crippen MR) is 86.6 cm³/mol. The molecule has 25 heavy (non-hydrogen) atoms. The van der Waals surface area contributed by atoms with Crippen LogP contribution >= 0.6 is 0 Å². The van der Waals surface area contributed by atoms with Gasteiger partial charge in [0.25, 0.3) is 0 Å². The molecule has 0 aromatic heterocycles. The van der Waals surface area contributed by atoms with Gasteiger partial charge in [-0.1, -0.05) is 18.2 Å². The molecule has 0 unspecified atom stereocenters. The number of carbonyl (C=O) groups excluding carboxylic acids is 2. The maximum absolute atomic E-state index is 12.9. The standard InChI is InChI=1S/C17H22F3N3O2/c1-21-15(24)11-6-8-13(9-7-11)23-16(25)22-10-12-4-2-3-5-14(12)17(18,19)20/h2-5,11,13H,6-10H2,1H3,(H,21,24)(H2,22,23,25). The molecule has 0 radical (unpaired) electrons. The second kappa shape index (κ2) is 8.22. The van der Waals surface area contributed by atoms with Crippen molar-refractivity contribution in [3.05, 3.63) is 35.4 Å². The molecule has 0 heterocycles. The lowest BCUT2D eigenvalue weighted by Crippen LogP contribution is -2.44. The first kappa shape index (κ1) is 19.1. The lowest BCUT2D eigenvalue weighted by atomic mass is 9.85. The minimum absolute atomic E-state index is 0.00617. The van der Waals surface area contributed by atoms with E-state index in [1.165, 1.54) is 18.2 Å². The number of amides is 3. The number of urea groups is 1. The fourth-order valence-electron chi connectivity index (χ4n) is 3.07. The molecule has 0 saturated heterocycles. The summed E-state index contributed by atoms with van der Waals surface area (Å²) in [5.74, 6) is -0.0311. The molecule has 3 amide bonds. The average Bonchev–Trinajstić information content (AvgIpc) is 2.59. The molecule has 0 atom stereocenters. The van der Waals surface area contributed by atoms with Gasteiger partial charge in [-0.25, -0.2) is 4.79 Å². The minimum atomic E-state index is -4.45. The highest BCUT2D eigenvalue weighted by Gasteiger charge is 2.33. The summed E-state index contributed by atoms with van der Waals surface area (Å²) in [6.07, 6.45) is -1.74. The average molecular weight is 357 g/mol. The molecule has 3 N–H and O–H groups in total. The van der Waals surface area contributed by atoms with Gasteiger partial charge >= 0.3 is 12.2 Å². The van der Waals surface area contributed by atoms with Crippen molar-refractivity contribution < 1.29 is 22.8 Å². The van der Waals surface area contributed by atoms with Crippen LogP contribution in [0.15, 0.2) is 24.3 Å². The lowest BCUT2D eigenvalue weighted by Gasteiger charge is -2.28. The van der Waals surface area contributed by atoms with Crippen LogP contribution in [0.5, 0.6) is 0 Å². The number of nitrogens with one attached hydrogen (secondary N) is 3. The number of hydrogen-bond donors (Lipinski definition) is 3. The van der Waals surface area contributed by atoms with Gasteiger partial charge in [0.1, 0.15) is 0 Å². The molecular formula is C17H22F3N3O2. The Balaban J connectivity index is 1.82. The Labute approximate surface area is 144 Å². The van der Waals surface area contributed by atoms with E-state index in [2.05, 4.69) is 16.0 Å². The fourth-order valence-corrected chi connectivity index (χ4v) is 3.07. The Kier molecular flexibility index (Phi) is 6.27. The second-order valence-electron chi connectivity index (χ2n) is 6.14. The number of carbonyl (C=O) groups is 2. The zero-order valence-corrected chi connectivity index (χ0v) is 14.0. The summed E-state index contributed by atoms with van der Waals surface area (Å²) in [5.41, 5.74) is -0.727. The van der Waals surface area contributed by atoms with Gasteiger partial charge in [-0.15, -0.1) is 0 Å². The topological polar surface area (TPSA) is 70.2 Å². The molecule has 1 aliphatic rings. The summed E-state index contributed by atoms with van der Waals surface area (Å²) < 4.78 is 38.7. The summed E-state index contributed by atoms with van der Waals surface area (Å²) in [6.45, 7) is -0.199. The van der Waals surface area contributed by atoms with Crippen LogP contribution in [0.25, 0.3) is 0 Å². The molecule has 1 aromatic carbocycles. The van der Waals surface area contributed by atoms with Crippen molar-refractivity contribution >= 4 is 11.9 Å². The number of halogens is 3. The van der Waals surface area contributed by atoms with Crippen molar-refractivity contribution in [1.82, 2.24) is 16.0 Å². The van der Waals surface area contributed by atoms with E-state index in [1.54, 1.807) is 7.05 Å². The highest BCUT2D eigenvalue weighted by molar-refractivity contribution is 5.78. The van der Waals surface area contributed by atoms with E-state index in [-0.39, 0.29) is 30.0 Å². The molecule has 8 heteroatoms. The van der Waals surface area contributed by atoms with Crippen LogP contribution in [0.3, 0.4) is 0 Å². The van der Waals surface area contributed by atoms with Gasteiger partial charge in [0, 0.05) is 25.6 Å². The molecular weight excluding hydrogens is 335 g/mol. The predicted octanol–water partition coefficient (Wildman–Crippen LogP) is 2.81. The Morgan fingerprint density at radius 3 is 2.36 bits per heavy atom. The second-order valence-corrected chi connectivity index (χ2v) is 6.14. The first-order valence-corrected chi connectivity index (χ1v) is 8.22. The molecule has 0 bridgehead atoms. The van der Waals surface area contributed by atoms with Crippen molar-refractivity contribution in [3.8, 4) is 0 Å². The number of alkyl halides is 3. The van der Waals surface area contributed by atoms with E-state index in [4.69, 9.17) is 0 Å². The molecule has 0 spiro atoms. The third kappa shape index (κ3) is 5.37. The van der Waals surface area contributed by atoms with Gasteiger partial charge < -0.3 is 16.0 Å². The van der Waals surface area contributed by atoms with Crippen LogP contribution in [0.1, 0.15) is 36.8 Å². The van der Waals surface area contributed by atoms with E-state index >= 15 is 0 Å². The molecule has 138 valence electrons. The molecule has 5 nitrogen and oxygen atoms in total. The third-order valence-corrected chi connectivity index (χ3v) is 4.44. The lowest BCUT2D eigenvalue weighted by molar-refractivity contribution is -0.138. The Morgan fingerprint density at radius 2 is 1.76 bits per heavy atom. The Bertz CT molecular complexity index is 611. The van der Waals surface area contributed by atoms with Crippen LogP contribution in [0.2, 0.25) is 0 Å². The quantitative estimate of drug-likeness (QED) is 0.776. The van der Waals surface area contributed by atoms with Gasteiger partial charge in [-0.05, 0) is 37.3 Å². The summed E-state index contributed by atoms with van der Waals surface area (Å²) in [5, 5.41) is 7.85. The van der Waals surface area contributed by atoms with E-state index < -0.39 is 17.8 Å². The monoisotopic (exact) mass is 357 g/mol. The van der Waals surface area contributed by atoms with E-state index in [0.29, 0.717) is 25.7 Å². The van der Waals surface area contributed by atoms with Crippen LogP contribution < -0.4 is 16.0 Å². The molecule has 2 rings (SSSR count). The van der Waals surface area contributed by atoms with Gasteiger partial charge in [-0.3, -0.25) is 4.79 Å². The van der Waals surface area contributed by atoms with Crippen molar-refractivity contribution in [1.29, 1.82) is 0 Å². The highest BCUT2D eigenvalue weighted by Crippen LogP contribution is 2.31. The molecule has 1 saturated carbocycles. The zero-order chi connectivity index (χ0) is 18.4. The third-order valence-electron chi connectivity index (χ3n) is 4.44. The van der Waals surface area contributed by atoms with Gasteiger partial charge in [-0.2, -0.15) is 13.2 Å². The zero-order valence-electron chi connectivity index (χ0n) is 14.0. The minimum Gasteiger partial charge on any atom is -0.359 e. The Hall–Kier alpha value is -2.25. The van der Waals surface area contributed by atoms with Crippen molar-refractivity contribution in [2.75, 3.05) is 7.05 Å². The number of benzene rings is 1. The van der Waals surface area contributed by atoms with Crippen LogP contribution in [-0.2, 0) is 17.5 Å². The van der Waals surface area contributed by atoms with Crippen LogP contribution in [0.4, 0.5) is 18.0 Å². The first-order valence-electron chi connectivity index (χ1n) is 8.22. The fraction of sp³-hybridized carbons (Fsp3) is 0.529. The van der Waals surface area contributed by atoms with E-state index in [0.717, 1.165) is 6.07 Å². The van der Waals surface area contributed by atoms with Crippen molar-refractivity contribution in [3.63, 3.8) is 0 Å². The summed E-state index contributed by atoms with van der Waals surface area (Å²) in [4.78, 5) is 23.5. The Morgan fingerprint density at radius 1 is 1.12 bits per heavy atom. The van der Waals surface area contributed by atoms with Crippen LogP contribution in [0, 0.1) is 5.92 Å². The summed E-state index contributed by atoms with van der Waals surface area (Å²) >= 11 is 0. The normalized spacial score (nSPS) is 20.6. The van der Waals surface area contributed by atoms with E-state index in [9.17, 15) is 22.8 Å². The smallest absolute Gasteiger partial charge is 0.359 e. The summed E-state index contributed by atoms with van der Waals surface area (Å²) in [6, 6.07) is 4.59. The van der Waals surface area contributed by atoms with E-state index in [1.807, 2.05) is 0 Å². The van der Waals surface area contributed by atoms with Gasteiger partial charge in [0.05, 0.1) is 5.56 Å². The van der Waals surface area contributed by atoms with Crippen molar-refractivity contribution in [2.45, 2.75) is 44.4 Å². The largest absolute Gasteiger partial charge is 0.416 e. The SMILES string of the molecule is CNC(=O)C1CCC(NC(=O)NCc2ccccc2C(F)(F)F)CC1. The van der Waals surface area contributed by atoms with Crippen LogP contribution in [-0.4, -0.2) is 25.0 Å². The maximum Gasteiger partial charge on any atom is 0.416 e. The molecule has 1 aliphatic carbocycles. The van der Waals surface area contributed by atoms with Crippen molar-refractivity contribution in [2.24, 2.45) is 5.92 Å². The number of hydrogen-bond acceptors (Lipinski definition) is 2. The van der Waals surface area contributed by atoms with Gasteiger partial charge in [0.2, 0.25) is 5.91 Å². The summed E-state index contributed by atoms with van der Waals surface area (Å²) in [7, 11) is 1.60. The number of rotatable bonds is 4.